The zero-order chi connectivity index (χ0) is 9.84. The topological polar surface area (TPSA) is 17.1 Å². The smallest absolute Gasteiger partial charge is 0.298 e. The fraction of sp³-hybridized carbons (Fsp3) is 0. The average molecular weight is 186 g/mol. The van der Waals surface area contributed by atoms with Crippen molar-refractivity contribution in [3.8, 4) is 0 Å². The lowest BCUT2D eigenvalue weighted by atomic mass is 10.1. The molecule has 0 aliphatic carbocycles. The third-order valence-electron chi connectivity index (χ3n) is 1.47. The lowest BCUT2D eigenvalue weighted by Gasteiger charge is -1.96. The molecule has 0 aromatic heterocycles. The minimum Gasteiger partial charge on any atom is -0.298 e. The first kappa shape index (κ1) is 9.51. The number of rotatable bonds is 2. The Morgan fingerprint density at radius 3 is 2.00 bits per heavy atom. The fourth-order valence-corrected chi connectivity index (χ4v) is 0.817. The van der Waals surface area contributed by atoms with Crippen LogP contribution in [0.1, 0.15) is 15.9 Å². The SMILES string of the molecule is O=Cc1ccc(C(F)=C(F)F)cc1. The normalized spacial score (nSPS) is 9.46. The van der Waals surface area contributed by atoms with Crippen LogP contribution in [-0.4, -0.2) is 6.29 Å². The van der Waals surface area contributed by atoms with Gasteiger partial charge in [-0.05, 0) is 0 Å². The van der Waals surface area contributed by atoms with Crippen LogP contribution in [0.25, 0.3) is 5.83 Å². The summed E-state index contributed by atoms with van der Waals surface area (Å²) in [6, 6.07) is 4.78. The zero-order valence-corrected chi connectivity index (χ0v) is 6.43. The summed E-state index contributed by atoms with van der Waals surface area (Å²) >= 11 is 0. The Balaban J connectivity index is 3.06. The highest BCUT2D eigenvalue weighted by molar-refractivity contribution is 5.75. The molecule has 0 spiro atoms. The molecule has 13 heavy (non-hydrogen) atoms. The maximum Gasteiger partial charge on any atom is 0.306 e. The number of hydrogen-bond acceptors (Lipinski definition) is 1. The molecule has 1 nitrogen and oxygen atoms in total. The van der Waals surface area contributed by atoms with Crippen LogP contribution in [0.4, 0.5) is 13.2 Å². The van der Waals surface area contributed by atoms with Gasteiger partial charge in [0.25, 0.3) is 0 Å². The van der Waals surface area contributed by atoms with Crippen molar-refractivity contribution in [2.24, 2.45) is 0 Å². The maximum absolute atomic E-state index is 12.5. The number of halogens is 3. The van der Waals surface area contributed by atoms with E-state index in [2.05, 4.69) is 0 Å². The van der Waals surface area contributed by atoms with Crippen LogP contribution >= 0.6 is 0 Å². The van der Waals surface area contributed by atoms with E-state index in [1.165, 1.54) is 12.1 Å². The summed E-state index contributed by atoms with van der Waals surface area (Å²) in [4.78, 5) is 10.2. The van der Waals surface area contributed by atoms with Gasteiger partial charge in [-0.1, -0.05) is 24.3 Å². The van der Waals surface area contributed by atoms with Gasteiger partial charge in [0.15, 0.2) is 5.83 Å². The second-order valence-electron chi connectivity index (χ2n) is 2.31. The van der Waals surface area contributed by atoms with E-state index in [9.17, 15) is 18.0 Å². The molecule has 0 heterocycles. The number of carbonyl (C=O) groups is 1. The summed E-state index contributed by atoms with van der Waals surface area (Å²) in [5, 5.41) is 0. The first-order chi connectivity index (χ1) is 6.15. The third-order valence-corrected chi connectivity index (χ3v) is 1.47. The van der Waals surface area contributed by atoms with Crippen molar-refractivity contribution >= 4 is 12.1 Å². The first-order valence-corrected chi connectivity index (χ1v) is 3.41. The second-order valence-corrected chi connectivity index (χ2v) is 2.31. The molecule has 1 aromatic rings. The summed E-state index contributed by atoms with van der Waals surface area (Å²) in [5.41, 5.74) is 0.0846. The lowest BCUT2D eigenvalue weighted by molar-refractivity contribution is 0.112. The Morgan fingerprint density at radius 1 is 1.08 bits per heavy atom. The summed E-state index contributed by atoms with van der Waals surface area (Å²) < 4.78 is 36.0. The Bertz CT molecular complexity index is 336. The van der Waals surface area contributed by atoms with Gasteiger partial charge in [0.2, 0.25) is 0 Å². The average Bonchev–Trinajstić information content (AvgIpc) is 2.17. The quantitative estimate of drug-likeness (QED) is 0.649. The molecule has 0 aliphatic heterocycles. The van der Waals surface area contributed by atoms with Crippen molar-refractivity contribution in [2.45, 2.75) is 0 Å². The fourth-order valence-electron chi connectivity index (χ4n) is 0.817. The molecule has 1 rings (SSSR count). The minimum absolute atomic E-state index is 0.231. The molecule has 4 heteroatoms. The van der Waals surface area contributed by atoms with Gasteiger partial charge in [-0.15, -0.1) is 0 Å². The highest BCUT2D eigenvalue weighted by Crippen LogP contribution is 2.21. The second kappa shape index (κ2) is 3.89. The summed E-state index contributed by atoms with van der Waals surface area (Å²) in [6.45, 7) is 0. The molecule has 0 N–H and O–H groups in total. The molecule has 0 bridgehead atoms. The van der Waals surface area contributed by atoms with E-state index in [0.29, 0.717) is 11.8 Å². The van der Waals surface area contributed by atoms with E-state index < -0.39 is 11.9 Å². The van der Waals surface area contributed by atoms with Gasteiger partial charge in [-0.25, -0.2) is 4.39 Å². The van der Waals surface area contributed by atoms with Gasteiger partial charge in [-0.3, -0.25) is 4.79 Å². The first-order valence-electron chi connectivity index (χ1n) is 3.41. The predicted octanol–water partition coefficient (Wildman–Crippen LogP) is 3.03. The maximum atomic E-state index is 12.5. The Labute approximate surface area is 72.5 Å². The monoisotopic (exact) mass is 186 g/mol. The van der Waals surface area contributed by atoms with Crippen LogP contribution in [-0.2, 0) is 0 Å². The van der Waals surface area contributed by atoms with E-state index in [1.54, 1.807) is 0 Å². The molecule has 0 unspecified atom stereocenters. The molecule has 0 fully saturated rings. The Hall–Kier alpha value is -1.58. The molecular formula is C9H5F3O. The summed E-state index contributed by atoms with van der Waals surface area (Å²) in [5.74, 6) is -1.56. The van der Waals surface area contributed by atoms with Crippen molar-refractivity contribution in [2.75, 3.05) is 0 Å². The molecule has 68 valence electrons. The van der Waals surface area contributed by atoms with E-state index in [1.807, 2.05) is 0 Å². The van der Waals surface area contributed by atoms with Gasteiger partial charge in [0, 0.05) is 11.1 Å². The number of benzene rings is 1. The molecule has 0 atom stereocenters. The molecule has 0 saturated carbocycles. The third kappa shape index (κ3) is 2.18. The Morgan fingerprint density at radius 2 is 1.62 bits per heavy atom. The standard InChI is InChI=1S/C9H5F3O/c10-8(9(11)12)7-3-1-6(5-13)2-4-7/h1-5H. The molecule has 0 aliphatic rings. The van der Waals surface area contributed by atoms with Crippen molar-refractivity contribution in [3.05, 3.63) is 41.5 Å². The minimum atomic E-state index is -2.36. The van der Waals surface area contributed by atoms with Crippen molar-refractivity contribution in [3.63, 3.8) is 0 Å². The highest BCUT2D eigenvalue weighted by Gasteiger charge is 2.07. The van der Waals surface area contributed by atoms with Gasteiger partial charge in [0.05, 0.1) is 0 Å². The number of aldehydes is 1. The van der Waals surface area contributed by atoms with Crippen LogP contribution < -0.4 is 0 Å². The number of carbonyl (C=O) groups excluding carboxylic acids is 1. The van der Waals surface area contributed by atoms with Crippen molar-refractivity contribution < 1.29 is 18.0 Å². The molecule has 0 saturated heterocycles. The van der Waals surface area contributed by atoms with Crippen LogP contribution in [0.3, 0.4) is 0 Å². The van der Waals surface area contributed by atoms with Gasteiger partial charge in [0.1, 0.15) is 6.29 Å². The van der Waals surface area contributed by atoms with Gasteiger partial charge in [-0.2, -0.15) is 8.78 Å². The molecule has 0 amide bonds. The van der Waals surface area contributed by atoms with E-state index in [-0.39, 0.29) is 5.56 Å². The largest absolute Gasteiger partial charge is 0.306 e. The predicted molar refractivity (Wildman–Crippen MR) is 42.1 cm³/mol. The highest BCUT2D eigenvalue weighted by atomic mass is 19.3. The lowest BCUT2D eigenvalue weighted by Crippen LogP contribution is -1.82. The van der Waals surface area contributed by atoms with Crippen molar-refractivity contribution in [1.82, 2.24) is 0 Å². The van der Waals surface area contributed by atoms with E-state index >= 15 is 0 Å². The molecular weight excluding hydrogens is 181 g/mol. The van der Waals surface area contributed by atoms with Crippen LogP contribution in [0, 0.1) is 0 Å². The van der Waals surface area contributed by atoms with Gasteiger partial charge >= 0.3 is 6.08 Å². The Kier molecular flexibility index (Phi) is 2.84. The van der Waals surface area contributed by atoms with Crippen LogP contribution in [0.15, 0.2) is 30.3 Å². The van der Waals surface area contributed by atoms with Crippen LogP contribution in [0.2, 0.25) is 0 Å². The summed E-state index contributed by atoms with van der Waals surface area (Å²) in [7, 11) is 0. The molecule has 0 radical (unpaired) electrons. The van der Waals surface area contributed by atoms with E-state index in [0.717, 1.165) is 12.1 Å². The number of hydrogen-bond donors (Lipinski definition) is 0. The molecule has 1 aromatic carbocycles. The zero-order valence-electron chi connectivity index (χ0n) is 6.43. The van der Waals surface area contributed by atoms with Crippen molar-refractivity contribution in [1.29, 1.82) is 0 Å². The van der Waals surface area contributed by atoms with E-state index in [4.69, 9.17) is 0 Å². The van der Waals surface area contributed by atoms with Crippen LogP contribution in [0.5, 0.6) is 0 Å². The van der Waals surface area contributed by atoms with Gasteiger partial charge < -0.3 is 0 Å². The summed E-state index contributed by atoms with van der Waals surface area (Å²) in [6.07, 6.45) is -1.81.